The molecule has 9 heteroatoms. The highest BCUT2D eigenvalue weighted by Gasteiger charge is 2.51. The van der Waals surface area contributed by atoms with Crippen LogP contribution in [0.5, 0.6) is 0 Å². The van der Waals surface area contributed by atoms with Gasteiger partial charge in [0.15, 0.2) is 0 Å². The van der Waals surface area contributed by atoms with Gasteiger partial charge in [0.25, 0.3) is 5.56 Å². The number of aryl methyl sites for hydroxylation is 3. The van der Waals surface area contributed by atoms with Crippen LogP contribution in [0, 0.1) is 24.7 Å². The molecule has 0 spiro atoms. The molecule has 3 heterocycles. The fraction of sp³-hybridized carbons (Fsp3) is 0.514. The molecule has 2 aromatic carbocycles. The number of rotatable bonds is 5. The van der Waals surface area contributed by atoms with Crippen LogP contribution in [0.2, 0.25) is 0 Å². The van der Waals surface area contributed by atoms with E-state index >= 15 is 0 Å². The predicted molar refractivity (Wildman–Crippen MR) is 176 cm³/mol. The van der Waals surface area contributed by atoms with Crippen LogP contribution in [0.25, 0.3) is 16.7 Å². The Bertz CT molecular complexity index is 1860. The highest BCUT2D eigenvalue weighted by atomic mass is 16.1. The van der Waals surface area contributed by atoms with Crippen LogP contribution in [0.4, 0.5) is 11.4 Å². The molecule has 44 heavy (non-hydrogen) atoms. The van der Waals surface area contributed by atoms with Crippen molar-refractivity contribution in [3.05, 3.63) is 74.1 Å². The molecule has 4 saturated carbocycles. The van der Waals surface area contributed by atoms with Crippen molar-refractivity contribution in [1.82, 2.24) is 23.8 Å². The molecule has 5 aliphatic rings. The summed E-state index contributed by atoms with van der Waals surface area (Å²) in [6.07, 6.45) is 10.0. The Balaban J connectivity index is 1.12. The van der Waals surface area contributed by atoms with Gasteiger partial charge in [-0.1, -0.05) is 12.1 Å². The van der Waals surface area contributed by atoms with E-state index in [4.69, 9.17) is 4.99 Å². The largest absolute Gasteiger partial charge is 0.367 e. The van der Waals surface area contributed by atoms with Gasteiger partial charge in [-0.05, 0) is 105 Å². The van der Waals surface area contributed by atoms with Crippen LogP contribution in [0.1, 0.15) is 55.3 Å². The van der Waals surface area contributed by atoms with Gasteiger partial charge in [-0.2, -0.15) is 0 Å². The molecule has 0 amide bonds. The van der Waals surface area contributed by atoms with E-state index in [-0.39, 0.29) is 11.2 Å². The summed E-state index contributed by atoms with van der Waals surface area (Å²) < 4.78 is 4.99. The van der Waals surface area contributed by atoms with Crippen molar-refractivity contribution in [3.8, 4) is 5.69 Å². The van der Waals surface area contributed by atoms with Crippen LogP contribution < -0.4 is 16.1 Å². The number of benzene rings is 2. The zero-order valence-corrected chi connectivity index (χ0v) is 26.3. The van der Waals surface area contributed by atoms with E-state index < -0.39 is 0 Å². The van der Waals surface area contributed by atoms with Crippen LogP contribution in [-0.2, 0) is 19.5 Å². The van der Waals surface area contributed by atoms with Crippen molar-refractivity contribution >= 4 is 28.6 Å². The first kappa shape index (κ1) is 27.7. The Morgan fingerprint density at radius 2 is 1.43 bits per heavy atom. The minimum atomic E-state index is -0.108. The summed E-state index contributed by atoms with van der Waals surface area (Å²) in [4.78, 5) is 36.0. The number of nitrogens with one attached hydrogen (secondary N) is 1. The van der Waals surface area contributed by atoms with Gasteiger partial charge in [0.05, 0.1) is 33.7 Å². The van der Waals surface area contributed by atoms with Gasteiger partial charge < -0.3 is 9.80 Å². The number of aliphatic imine (C=N–C) groups is 1. The van der Waals surface area contributed by atoms with Gasteiger partial charge in [-0.25, -0.2) is 9.48 Å². The molecule has 1 aliphatic heterocycles. The first-order valence-corrected chi connectivity index (χ1v) is 16.3. The molecule has 0 radical (unpaired) electrons. The summed E-state index contributed by atoms with van der Waals surface area (Å²) in [6, 6.07) is 12.8. The third-order valence-electron chi connectivity index (χ3n) is 11.4. The number of anilines is 1. The third kappa shape index (κ3) is 4.34. The van der Waals surface area contributed by atoms with Crippen molar-refractivity contribution in [2.24, 2.45) is 36.8 Å². The number of hydrogen-bond donors (Lipinski definition) is 1. The van der Waals surface area contributed by atoms with E-state index in [1.807, 2.05) is 20.0 Å². The lowest BCUT2D eigenvalue weighted by Crippen LogP contribution is -2.48. The first-order chi connectivity index (χ1) is 21.2. The molecule has 2 aromatic heterocycles. The molecule has 5 fully saturated rings. The SMILES string of the molecule is Cc1[nH]n(-c2ccc(C34CC5CC(CC(C5)C3)C4)cc2)c(=O)c1C=Nc1cc2c(cc1N1CCN(C)CC1)n(C)c(=O)n2C. The Morgan fingerprint density at radius 1 is 0.841 bits per heavy atom. The topological polar surface area (TPSA) is 83.6 Å². The Hall–Kier alpha value is -3.85. The lowest BCUT2D eigenvalue weighted by molar-refractivity contribution is -0.00518. The van der Waals surface area contributed by atoms with Gasteiger partial charge in [0, 0.05) is 52.2 Å². The quantitative estimate of drug-likeness (QED) is 0.342. The Kier molecular flexibility index (Phi) is 6.35. The van der Waals surface area contributed by atoms with Gasteiger partial charge in [0.2, 0.25) is 0 Å². The second-order valence-corrected chi connectivity index (χ2v) is 14.3. The molecule has 9 rings (SSSR count). The molecule has 0 unspecified atom stereocenters. The molecule has 9 nitrogen and oxygen atoms in total. The number of fused-ring (bicyclic) bond motifs is 1. The molecule has 4 bridgehead atoms. The number of imidazole rings is 1. The van der Waals surface area contributed by atoms with E-state index in [1.54, 1.807) is 27.1 Å². The zero-order chi connectivity index (χ0) is 30.3. The fourth-order valence-corrected chi connectivity index (χ4v) is 9.38. The smallest absolute Gasteiger partial charge is 0.328 e. The van der Waals surface area contributed by atoms with Crippen LogP contribution in [0.15, 0.2) is 51.0 Å². The minimum absolute atomic E-state index is 0.0657. The third-order valence-corrected chi connectivity index (χ3v) is 11.4. The van der Waals surface area contributed by atoms with Gasteiger partial charge in [0.1, 0.15) is 0 Å². The lowest BCUT2D eigenvalue weighted by atomic mass is 9.48. The molecule has 230 valence electrons. The van der Waals surface area contributed by atoms with Crippen LogP contribution in [0.3, 0.4) is 0 Å². The standard InChI is InChI=1S/C35H43N7O2/c1-22-28(21-36-29-16-31-32(40(4)34(44)39(31)3)17-30(29)41-11-9-38(2)10-12-41)33(43)42(37-22)27-7-5-26(6-8-27)35-18-23-13-24(19-35)15-25(14-23)20-35/h5-8,16-17,21,23-25,37H,9-15,18-20H2,1-4H3. The lowest BCUT2D eigenvalue weighted by Gasteiger charge is -2.57. The normalized spacial score (nSPS) is 26.9. The maximum absolute atomic E-state index is 13.7. The molecule has 1 saturated heterocycles. The molecule has 4 aromatic rings. The summed E-state index contributed by atoms with van der Waals surface area (Å²) in [6.45, 7) is 5.59. The summed E-state index contributed by atoms with van der Waals surface area (Å²) in [5.41, 5.74) is 7.24. The highest BCUT2D eigenvalue weighted by Crippen LogP contribution is 2.60. The van der Waals surface area contributed by atoms with Crippen molar-refractivity contribution in [3.63, 3.8) is 0 Å². The maximum Gasteiger partial charge on any atom is 0.328 e. The van der Waals surface area contributed by atoms with Crippen molar-refractivity contribution in [2.75, 3.05) is 38.1 Å². The number of aromatic nitrogens is 4. The number of H-pyrrole nitrogens is 1. The number of aromatic amines is 1. The highest BCUT2D eigenvalue weighted by molar-refractivity contribution is 5.91. The fourth-order valence-electron chi connectivity index (χ4n) is 9.38. The minimum Gasteiger partial charge on any atom is -0.367 e. The van der Waals surface area contributed by atoms with E-state index in [2.05, 4.69) is 52.3 Å². The second-order valence-electron chi connectivity index (χ2n) is 14.3. The summed E-state index contributed by atoms with van der Waals surface area (Å²) in [7, 11) is 5.73. The molecule has 0 atom stereocenters. The van der Waals surface area contributed by atoms with Crippen LogP contribution >= 0.6 is 0 Å². The number of nitrogens with zero attached hydrogens (tertiary/aromatic N) is 6. The van der Waals surface area contributed by atoms with E-state index in [0.29, 0.717) is 11.0 Å². The maximum atomic E-state index is 13.7. The van der Waals surface area contributed by atoms with E-state index in [0.717, 1.165) is 77.7 Å². The Labute approximate surface area is 257 Å². The average molecular weight is 594 g/mol. The number of likely N-dealkylation sites (N-methyl/N-ethyl adjacent to an activating group) is 1. The summed E-state index contributed by atoms with van der Waals surface area (Å²) in [5, 5.41) is 3.30. The molecule has 1 N–H and O–H groups in total. The molecular weight excluding hydrogens is 550 g/mol. The predicted octanol–water partition coefficient (Wildman–Crippen LogP) is 4.63. The summed E-state index contributed by atoms with van der Waals surface area (Å²) in [5.74, 6) is 2.71. The molecule has 4 aliphatic carbocycles. The van der Waals surface area contributed by atoms with E-state index in [9.17, 15) is 9.59 Å². The van der Waals surface area contributed by atoms with Gasteiger partial charge in [-0.3, -0.25) is 24.0 Å². The first-order valence-electron chi connectivity index (χ1n) is 16.3. The van der Waals surface area contributed by atoms with Crippen molar-refractivity contribution < 1.29 is 0 Å². The zero-order valence-electron chi connectivity index (χ0n) is 26.3. The number of piperazine rings is 1. The van der Waals surface area contributed by atoms with Gasteiger partial charge in [-0.15, -0.1) is 0 Å². The Morgan fingerprint density at radius 3 is 2.05 bits per heavy atom. The van der Waals surface area contributed by atoms with Crippen molar-refractivity contribution in [2.45, 2.75) is 50.9 Å². The second kappa shape index (κ2) is 10.1. The molecular formula is C35H43N7O2. The monoisotopic (exact) mass is 593 g/mol. The van der Waals surface area contributed by atoms with Crippen molar-refractivity contribution in [1.29, 1.82) is 0 Å². The summed E-state index contributed by atoms with van der Waals surface area (Å²) >= 11 is 0. The van der Waals surface area contributed by atoms with E-state index in [1.165, 1.54) is 44.1 Å². The average Bonchev–Trinajstić information content (AvgIpc) is 3.41. The number of hydrogen-bond acceptors (Lipinski definition) is 5. The van der Waals surface area contributed by atoms with Gasteiger partial charge >= 0.3 is 5.69 Å². The van der Waals surface area contributed by atoms with Crippen LogP contribution in [-0.4, -0.2) is 63.3 Å².